The molecule has 0 radical (unpaired) electrons. The molecule has 2 aromatic rings. The van der Waals surface area contributed by atoms with Crippen molar-refractivity contribution in [2.75, 3.05) is 13.2 Å². The Balaban J connectivity index is 1.42. The quantitative estimate of drug-likeness (QED) is 0.841. The molecule has 6 nitrogen and oxygen atoms in total. The average Bonchev–Trinajstić information content (AvgIpc) is 3.17. The highest BCUT2D eigenvalue weighted by Crippen LogP contribution is 2.38. The summed E-state index contributed by atoms with van der Waals surface area (Å²) in [5, 5.41) is 0. The Bertz CT molecular complexity index is 931. The second-order valence-corrected chi connectivity index (χ2v) is 8.94. The van der Waals surface area contributed by atoms with Crippen LogP contribution in [-0.2, 0) is 29.4 Å². The highest BCUT2D eigenvalue weighted by molar-refractivity contribution is 7.89. The molecule has 0 unspecified atom stereocenters. The van der Waals surface area contributed by atoms with Gasteiger partial charge in [0.1, 0.15) is 11.5 Å². The highest BCUT2D eigenvalue weighted by Gasteiger charge is 2.34. The van der Waals surface area contributed by atoms with Crippen LogP contribution >= 0.6 is 0 Å². The van der Waals surface area contributed by atoms with Crippen LogP contribution in [0.3, 0.4) is 0 Å². The molecule has 1 aromatic carbocycles. The van der Waals surface area contributed by atoms with Crippen molar-refractivity contribution in [1.82, 2.24) is 9.29 Å². The first kappa shape index (κ1) is 15.4. The molecule has 3 aliphatic rings. The van der Waals surface area contributed by atoms with E-state index >= 15 is 0 Å². The first-order valence-corrected chi connectivity index (χ1v) is 10.3. The van der Waals surface area contributed by atoms with Crippen molar-refractivity contribution in [3.05, 3.63) is 41.1 Å². The first-order chi connectivity index (χ1) is 12.1. The molecule has 0 spiro atoms. The Morgan fingerprint density at radius 2 is 2.08 bits per heavy atom. The summed E-state index contributed by atoms with van der Waals surface area (Å²) in [5.41, 5.74) is 1.74. The fourth-order valence-electron chi connectivity index (χ4n) is 3.70. The van der Waals surface area contributed by atoms with Crippen molar-refractivity contribution in [3.8, 4) is 5.75 Å². The van der Waals surface area contributed by atoms with Gasteiger partial charge in [0.15, 0.2) is 5.89 Å². The molecule has 1 fully saturated rings. The molecular formula is C18H20N2O4S. The van der Waals surface area contributed by atoms with Crippen LogP contribution < -0.4 is 4.74 Å². The number of rotatable bonds is 3. The average molecular weight is 360 g/mol. The molecule has 2 aliphatic heterocycles. The van der Waals surface area contributed by atoms with Gasteiger partial charge >= 0.3 is 0 Å². The van der Waals surface area contributed by atoms with E-state index in [1.165, 1.54) is 10.7 Å². The third kappa shape index (κ3) is 2.48. The van der Waals surface area contributed by atoms with E-state index in [4.69, 9.17) is 9.15 Å². The van der Waals surface area contributed by atoms with E-state index in [-0.39, 0.29) is 0 Å². The predicted molar refractivity (Wildman–Crippen MR) is 90.0 cm³/mol. The third-order valence-electron chi connectivity index (χ3n) is 5.46. The van der Waals surface area contributed by atoms with Crippen molar-refractivity contribution < 1.29 is 17.6 Å². The number of hydrogen-bond donors (Lipinski definition) is 0. The van der Waals surface area contributed by atoms with E-state index in [2.05, 4.69) is 4.98 Å². The lowest BCUT2D eigenvalue weighted by Gasteiger charge is -2.24. The maximum Gasteiger partial charge on any atom is 0.243 e. The standard InChI is InChI=1S/C18H20N2O4S/c21-25(22,14-4-5-16-13(10-14)7-9-23-16)20-8-6-17-15(11-20)19-18(24-17)12-2-1-3-12/h4-5,10,12H,1-3,6-9,11H2. The Hall–Kier alpha value is -1.86. The van der Waals surface area contributed by atoms with Gasteiger partial charge in [-0.05, 0) is 36.6 Å². The molecule has 1 aromatic heterocycles. The molecule has 0 atom stereocenters. The Kier molecular flexibility index (Phi) is 3.43. The number of aromatic nitrogens is 1. The second-order valence-electron chi connectivity index (χ2n) is 7.01. The monoisotopic (exact) mass is 360 g/mol. The van der Waals surface area contributed by atoms with Crippen LogP contribution in [0, 0.1) is 0 Å². The number of ether oxygens (including phenoxy) is 1. The lowest BCUT2D eigenvalue weighted by atomic mass is 9.85. The lowest BCUT2D eigenvalue weighted by Crippen LogP contribution is -2.35. The summed E-state index contributed by atoms with van der Waals surface area (Å²) < 4.78 is 38.9. The smallest absolute Gasteiger partial charge is 0.243 e. The minimum Gasteiger partial charge on any atom is -0.493 e. The van der Waals surface area contributed by atoms with E-state index < -0.39 is 10.0 Å². The third-order valence-corrected chi connectivity index (χ3v) is 7.30. The summed E-state index contributed by atoms with van der Waals surface area (Å²) in [6.07, 6.45) is 4.82. The van der Waals surface area contributed by atoms with Gasteiger partial charge in [0.05, 0.1) is 23.7 Å². The maximum atomic E-state index is 13.0. The van der Waals surface area contributed by atoms with Gasteiger partial charge in [-0.1, -0.05) is 6.42 Å². The molecule has 5 rings (SSSR count). The van der Waals surface area contributed by atoms with Gasteiger partial charge in [-0.3, -0.25) is 0 Å². The Morgan fingerprint density at radius 3 is 2.88 bits per heavy atom. The molecule has 0 amide bonds. The zero-order valence-electron chi connectivity index (χ0n) is 13.9. The maximum absolute atomic E-state index is 13.0. The van der Waals surface area contributed by atoms with Crippen molar-refractivity contribution >= 4 is 10.0 Å². The lowest BCUT2D eigenvalue weighted by molar-refractivity contribution is 0.314. The van der Waals surface area contributed by atoms with Crippen LogP contribution in [0.25, 0.3) is 0 Å². The number of fused-ring (bicyclic) bond motifs is 2. The second kappa shape index (κ2) is 5.57. The first-order valence-electron chi connectivity index (χ1n) is 8.85. The summed E-state index contributed by atoms with van der Waals surface area (Å²) in [4.78, 5) is 4.93. The van der Waals surface area contributed by atoms with Crippen molar-refractivity contribution in [1.29, 1.82) is 0 Å². The van der Waals surface area contributed by atoms with Gasteiger partial charge in [0, 0.05) is 25.3 Å². The zero-order valence-corrected chi connectivity index (χ0v) is 14.7. The van der Waals surface area contributed by atoms with E-state index in [0.29, 0.717) is 36.9 Å². The molecule has 7 heteroatoms. The van der Waals surface area contributed by atoms with Gasteiger partial charge in [0.25, 0.3) is 0 Å². The zero-order chi connectivity index (χ0) is 17.0. The van der Waals surface area contributed by atoms with Crippen LogP contribution in [0.4, 0.5) is 0 Å². The summed E-state index contributed by atoms with van der Waals surface area (Å²) in [5.74, 6) is 2.87. The Labute approximate surface area is 146 Å². The topological polar surface area (TPSA) is 72.6 Å². The van der Waals surface area contributed by atoms with Crippen LogP contribution in [-0.4, -0.2) is 30.9 Å². The van der Waals surface area contributed by atoms with Crippen LogP contribution in [0.2, 0.25) is 0 Å². The molecular weight excluding hydrogens is 340 g/mol. The molecule has 3 heterocycles. The number of sulfonamides is 1. The van der Waals surface area contributed by atoms with E-state index in [9.17, 15) is 8.42 Å². The molecule has 1 aliphatic carbocycles. The minimum absolute atomic E-state index is 0.293. The molecule has 0 saturated heterocycles. The highest BCUT2D eigenvalue weighted by atomic mass is 32.2. The van der Waals surface area contributed by atoms with Gasteiger partial charge in [0.2, 0.25) is 10.0 Å². The SMILES string of the molecule is O=S(=O)(c1ccc2c(c1)CCO2)N1CCc2oc(C3CCC3)nc2C1. The van der Waals surface area contributed by atoms with Gasteiger partial charge < -0.3 is 9.15 Å². The molecule has 25 heavy (non-hydrogen) atoms. The van der Waals surface area contributed by atoms with Gasteiger partial charge in [-0.15, -0.1) is 0 Å². The fourth-order valence-corrected chi connectivity index (χ4v) is 5.16. The molecule has 0 bridgehead atoms. The minimum atomic E-state index is -3.53. The van der Waals surface area contributed by atoms with E-state index in [1.54, 1.807) is 18.2 Å². The van der Waals surface area contributed by atoms with Crippen molar-refractivity contribution in [3.63, 3.8) is 0 Å². The van der Waals surface area contributed by atoms with Gasteiger partial charge in [-0.25, -0.2) is 13.4 Å². The molecule has 0 N–H and O–H groups in total. The fraction of sp³-hybridized carbons (Fsp3) is 0.500. The summed E-state index contributed by atoms with van der Waals surface area (Å²) in [7, 11) is -3.53. The van der Waals surface area contributed by atoms with E-state index in [1.807, 2.05) is 0 Å². The summed E-state index contributed by atoms with van der Waals surface area (Å²) in [6, 6.07) is 5.14. The number of benzene rings is 1. The van der Waals surface area contributed by atoms with E-state index in [0.717, 1.165) is 47.9 Å². The molecule has 132 valence electrons. The van der Waals surface area contributed by atoms with Crippen LogP contribution in [0.1, 0.15) is 48.1 Å². The largest absolute Gasteiger partial charge is 0.493 e. The summed E-state index contributed by atoms with van der Waals surface area (Å²) in [6.45, 7) is 1.35. The van der Waals surface area contributed by atoms with Crippen LogP contribution in [0.5, 0.6) is 5.75 Å². The summed E-state index contributed by atoms with van der Waals surface area (Å²) >= 11 is 0. The van der Waals surface area contributed by atoms with Crippen molar-refractivity contribution in [2.24, 2.45) is 0 Å². The predicted octanol–water partition coefficient (Wildman–Crippen LogP) is 2.62. The Morgan fingerprint density at radius 1 is 1.20 bits per heavy atom. The number of hydrogen-bond acceptors (Lipinski definition) is 5. The van der Waals surface area contributed by atoms with Gasteiger partial charge in [-0.2, -0.15) is 4.31 Å². The molecule has 1 saturated carbocycles. The van der Waals surface area contributed by atoms with Crippen molar-refractivity contribution in [2.45, 2.75) is 49.5 Å². The normalized spacial score (nSPS) is 20.6. The number of nitrogens with zero attached hydrogens (tertiary/aromatic N) is 2. The number of oxazole rings is 1. The van der Waals surface area contributed by atoms with Crippen LogP contribution in [0.15, 0.2) is 27.5 Å².